The number of hydrogen-bond acceptors (Lipinski definition) is 6. The first kappa shape index (κ1) is 13.3. The maximum Gasteiger partial charge on any atom is 0.316 e. The minimum Gasteiger partial charge on any atom is -0.463 e. The van der Waals surface area contributed by atoms with Crippen LogP contribution >= 0.6 is 0 Å². The highest BCUT2D eigenvalue weighted by molar-refractivity contribution is 5.86. The molecule has 0 amide bonds. The van der Waals surface area contributed by atoms with E-state index in [1.54, 1.807) is 18.2 Å². The predicted molar refractivity (Wildman–Crippen MR) is 87.7 cm³/mol. The molecule has 4 aromatic rings. The molecule has 0 fully saturated rings. The lowest BCUT2D eigenvalue weighted by molar-refractivity contribution is 0.601. The van der Waals surface area contributed by atoms with Crippen LogP contribution in [0.3, 0.4) is 0 Å². The second-order valence-corrected chi connectivity index (χ2v) is 4.87. The number of fused-ring (bicyclic) bond motifs is 2. The van der Waals surface area contributed by atoms with Gasteiger partial charge in [-0.3, -0.25) is 4.79 Å². The number of nitrogens with zero attached hydrogens (tertiary/aromatic N) is 2. The maximum absolute atomic E-state index is 12.3. The van der Waals surface area contributed by atoms with E-state index in [1.165, 1.54) is 12.5 Å². The van der Waals surface area contributed by atoms with Crippen LogP contribution in [0.4, 0.5) is 6.01 Å². The second kappa shape index (κ2) is 5.42. The number of benzene rings is 2. The van der Waals surface area contributed by atoms with Crippen molar-refractivity contribution in [3.63, 3.8) is 0 Å². The monoisotopic (exact) mass is 305 g/mol. The molecule has 0 aliphatic heterocycles. The number of nitrogens with one attached hydrogen (secondary N) is 1. The molecule has 6 heteroatoms. The highest BCUT2D eigenvalue weighted by Gasteiger charge is 2.05. The van der Waals surface area contributed by atoms with Crippen molar-refractivity contribution < 1.29 is 8.83 Å². The van der Waals surface area contributed by atoms with Crippen molar-refractivity contribution >= 4 is 34.3 Å². The van der Waals surface area contributed by atoms with Crippen molar-refractivity contribution in [3.8, 4) is 0 Å². The molecule has 2 heterocycles. The van der Waals surface area contributed by atoms with Crippen LogP contribution in [0.25, 0.3) is 22.1 Å². The summed E-state index contributed by atoms with van der Waals surface area (Å²) in [4.78, 5) is 16.5. The molecule has 6 nitrogen and oxygen atoms in total. The molecule has 2 aromatic carbocycles. The second-order valence-electron chi connectivity index (χ2n) is 4.87. The van der Waals surface area contributed by atoms with Gasteiger partial charge in [0.15, 0.2) is 5.58 Å². The molecule has 0 radical (unpaired) electrons. The molecule has 112 valence electrons. The van der Waals surface area contributed by atoms with E-state index >= 15 is 0 Å². The fourth-order valence-electron chi connectivity index (χ4n) is 2.26. The molecule has 1 N–H and O–H groups in total. The number of hydrogen-bond donors (Lipinski definition) is 1. The molecule has 0 aliphatic carbocycles. The third-order valence-electron chi connectivity index (χ3n) is 3.36. The number of hydrazone groups is 1. The summed E-state index contributed by atoms with van der Waals surface area (Å²) < 4.78 is 10.9. The summed E-state index contributed by atoms with van der Waals surface area (Å²) in [5, 5.41) is 4.50. The smallest absolute Gasteiger partial charge is 0.316 e. The van der Waals surface area contributed by atoms with Crippen molar-refractivity contribution in [2.75, 3.05) is 5.43 Å². The van der Waals surface area contributed by atoms with Crippen molar-refractivity contribution in [1.82, 2.24) is 4.98 Å². The Balaban J connectivity index is 1.61. The molecule has 0 saturated carbocycles. The molecule has 0 aliphatic rings. The van der Waals surface area contributed by atoms with E-state index in [0.29, 0.717) is 22.1 Å². The third kappa shape index (κ3) is 2.46. The average molecular weight is 305 g/mol. The summed E-state index contributed by atoms with van der Waals surface area (Å²) in [5.41, 5.74) is 4.80. The zero-order chi connectivity index (χ0) is 15.6. The molecule has 2 aromatic heterocycles. The Labute approximate surface area is 130 Å². The quantitative estimate of drug-likeness (QED) is 0.463. The zero-order valence-electron chi connectivity index (χ0n) is 11.9. The van der Waals surface area contributed by atoms with Crippen LogP contribution in [0, 0.1) is 0 Å². The summed E-state index contributed by atoms with van der Waals surface area (Å²) in [6.45, 7) is 0. The van der Waals surface area contributed by atoms with E-state index in [4.69, 9.17) is 8.83 Å². The Bertz CT molecular complexity index is 1050. The summed E-state index contributed by atoms with van der Waals surface area (Å²) in [6.07, 6.45) is 2.76. The Kier molecular flexibility index (Phi) is 3.12. The summed E-state index contributed by atoms with van der Waals surface area (Å²) in [7, 11) is 0. The third-order valence-corrected chi connectivity index (χ3v) is 3.36. The van der Waals surface area contributed by atoms with E-state index in [1.807, 2.05) is 30.3 Å². The molecule has 23 heavy (non-hydrogen) atoms. The SMILES string of the molecule is O=c1c(/C=N/Nc2nc3ccccc3o2)coc2ccccc12. The van der Waals surface area contributed by atoms with E-state index in [-0.39, 0.29) is 11.4 Å². The maximum atomic E-state index is 12.3. The number of anilines is 1. The highest BCUT2D eigenvalue weighted by atomic mass is 16.4. The van der Waals surface area contributed by atoms with Crippen LogP contribution in [0.5, 0.6) is 0 Å². The van der Waals surface area contributed by atoms with Crippen LogP contribution in [-0.2, 0) is 0 Å². The van der Waals surface area contributed by atoms with E-state index in [9.17, 15) is 4.79 Å². The number of aromatic nitrogens is 1. The number of oxazole rings is 1. The van der Waals surface area contributed by atoms with Gasteiger partial charge in [0.05, 0.1) is 17.2 Å². The van der Waals surface area contributed by atoms with Gasteiger partial charge in [-0.15, -0.1) is 0 Å². The molecule has 0 saturated heterocycles. The van der Waals surface area contributed by atoms with Gasteiger partial charge in [-0.1, -0.05) is 24.3 Å². The van der Waals surface area contributed by atoms with Gasteiger partial charge in [-0.05, 0) is 24.3 Å². The average Bonchev–Trinajstić information content (AvgIpc) is 3.00. The predicted octanol–water partition coefficient (Wildman–Crippen LogP) is 3.38. The van der Waals surface area contributed by atoms with E-state index in [2.05, 4.69) is 15.5 Å². The van der Waals surface area contributed by atoms with Gasteiger partial charge in [-0.25, -0.2) is 5.43 Å². The van der Waals surface area contributed by atoms with Crippen molar-refractivity contribution in [2.24, 2.45) is 5.10 Å². The molecule has 0 atom stereocenters. The summed E-state index contributed by atoms with van der Waals surface area (Å²) in [5.74, 6) is 0. The van der Waals surface area contributed by atoms with Crippen molar-refractivity contribution in [3.05, 3.63) is 70.6 Å². The Morgan fingerprint density at radius 1 is 1.04 bits per heavy atom. The van der Waals surface area contributed by atoms with Crippen molar-refractivity contribution in [1.29, 1.82) is 0 Å². The van der Waals surface area contributed by atoms with Crippen LogP contribution in [0.2, 0.25) is 0 Å². The van der Waals surface area contributed by atoms with Gasteiger partial charge in [0, 0.05) is 0 Å². The number of rotatable bonds is 3. The standard InChI is InChI=1S/C17H11N3O3/c21-16-11(10-22-14-7-3-1-5-12(14)16)9-18-20-17-19-13-6-2-4-8-15(13)23-17/h1-10H,(H,19,20)/b18-9+. The first-order valence-electron chi connectivity index (χ1n) is 6.96. The van der Waals surface area contributed by atoms with E-state index in [0.717, 1.165) is 5.52 Å². The first-order chi connectivity index (χ1) is 11.3. The first-order valence-corrected chi connectivity index (χ1v) is 6.96. The van der Waals surface area contributed by atoms with Crippen LogP contribution in [-0.4, -0.2) is 11.2 Å². The summed E-state index contributed by atoms with van der Waals surface area (Å²) >= 11 is 0. The lowest BCUT2D eigenvalue weighted by atomic mass is 10.2. The molecule has 0 unspecified atom stereocenters. The van der Waals surface area contributed by atoms with Gasteiger partial charge >= 0.3 is 6.01 Å². The van der Waals surface area contributed by atoms with Gasteiger partial charge in [-0.2, -0.15) is 10.1 Å². The van der Waals surface area contributed by atoms with E-state index < -0.39 is 0 Å². The topological polar surface area (TPSA) is 80.6 Å². The van der Waals surface area contributed by atoms with Crippen LogP contribution in [0.1, 0.15) is 5.56 Å². The molecular formula is C17H11N3O3. The lowest BCUT2D eigenvalue weighted by Gasteiger charge is -1.97. The molecular weight excluding hydrogens is 294 g/mol. The van der Waals surface area contributed by atoms with Gasteiger partial charge in [0.25, 0.3) is 0 Å². The van der Waals surface area contributed by atoms with Crippen LogP contribution in [0.15, 0.2) is 73.5 Å². The van der Waals surface area contributed by atoms with Gasteiger partial charge < -0.3 is 8.83 Å². The minimum absolute atomic E-state index is 0.144. The molecule has 0 spiro atoms. The van der Waals surface area contributed by atoms with Crippen LogP contribution < -0.4 is 10.9 Å². The minimum atomic E-state index is -0.144. The fourth-order valence-corrected chi connectivity index (χ4v) is 2.26. The largest absolute Gasteiger partial charge is 0.463 e. The Hall–Kier alpha value is -3.41. The number of para-hydroxylation sites is 3. The fraction of sp³-hybridized carbons (Fsp3) is 0. The Morgan fingerprint density at radius 3 is 2.70 bits per heavy atom. The van der Waals surface area contributed by atoms with Gasteiger partial charge in [0.1, 0.15) is 17.4 Å². The highest BCUT2D eigenvalue weighted by Crippen LogP contribution is 2.17. The molecule has 4 rings (SSSR count). The molecule has 0 bridgehead atoms. The zero-order valence-corrected chi connectivity index (χ0v) is 11.9. The Morgan fingerprint density at radius 2 is 1.83 bits per heavy atom. The lowest BCUT2D eigenvalue weighted by Crippen LogP contribution is -2.08. The normalized spacial score (nSPS) is 11.5. The van der Waals surface area contributed by atoms with Crippen molar-refractivity contribution in [2.45, 2.75) is 0 Å². The summed E-state index contributed by atoms with van der Waals surface area (Å²) in [6, 6.07) is 14.7. The van der Waals surface area contributed by atoms with Gasteiger partial charge in [0.2, 0.25) is 5.43 Å².